The van der Waals surface area contributed by atoms with E-state index in [-0.39, 0.29) is 5.60 Å². The molecule has 0 saturated carbocycles. The van der Waals surface area contributed by atoms with E-state index < -0.39 is 0 Å². The van der Waals surface area contributed by atoms with Crippen molar-refractivity contribution in [1.82, 2.24) is 0 Å². The van der Waals surface area contributed by atoms with Crippen LogP contribution in [0.1, 0.15) is 67.7 Å². The molecule has 0 aliphatic carbocycles. The minimum absolute atomic E-state index is 0.118. The zero-order chi connectivity index (χ0) is 12.8. The largest absolute Gasteiger partial charge is 0.375 e. The van der Waals surface area contributed by atoms with Gasteiger partial charge in [0.2, 0.25) is 0 Å². The second-order valence-electron chi connectivity index (χ2n) is 6.44. The minimum Gasteiger partial charge on any atom is -0.375 e. The number of ether oxygens (including phenoxy) is 1. The molecule has 0 aliphatic rings. The molecule has 0 rings (SSSR count). The summed E-state index contributed by atoms with van der Waals surface area (Å²) in [4.78, 5) is 0. The molecule has 0 unspecified atom stereocenters. The van der Waals surface area contributed by atoms with Crippen LogP contribution in [0.5, 0.6) is 0 Å². The van der Waals surface area contributed by atoms with Crippen LogP contribution in [0.4, 0.5) is 0 Å². The first-order chi connectivity index (χ1) is 7.31. The Balaban J connectivity index is 4.53. The van der Waals surface area contributed by atoms with Gasteiger partial charge in [0, 0.05) is 6.61 Å². The van der Waals surface area contributed by atoms with Crippen LogP contribution in [0.3, 0.4) is 0 Å². The van der Waals surface area contributed by atoms with Crippen molar-refractivity contribution in [2.24, 2.45) is 17.8 Å². The zero-order valence-electron chi connectivity index (χ0n) is 12.5. The van der Waals surface area contributed by atoms with Crippen LogP contribution < -0.4 is 0 Å². The van der Waals surface area contributed by atoms with E-state index in [0.29, 0.717) is 17.8 Å². The Bertz CT molecular complexity index is 160. The summed E-state index contributed by atoms with van der Waals surface area (Å²) in [5, 5.41) is 0. The standard InChI is InChI=1S/C15H32O/c1-8-15(9-12(2)3,10-13(4)5)16-11-14(6)7/h12-14H,8-11H2,1-7H3. The fourth-order valence-electron chi connectivity index (χ4n) is 2.42. The van der Waals surface area contributed by atoms with Gasteiger partial charge >= 0.3 is 0 Å². The smallest absolute Gasteiger partial charge is 0.0685 e. The molecule has 1 nitrogen and oxygen atoms in total. The molecule has 0 radical (unpaired) electrons. The van der Waals surface area contributed by atoms with E-state index in [2.05, 4.69) is 48.5 Å². The fourth-order valence-corrected chi connectivity index (χ4v) is 2.42. The van der Waals surface area contributed by atoms with Crippen molar-refractivity contribution >= 4 is 0 Å². The van der Waals surface area contributed by atoms with Crippen LogP contribution in [0.2, 0.25) is 0 Å². The van der Waals surface area contributed by atoms with Gasteiger partial charge in [-0.25, -0.2) is 0 Å². The monoisotopic (exact) mass is 228 g/mol. The lowest BCUT2D eigenvalue weighted by Crippen LogP contribution is -2.36. The van der Waals surface area contributed by atoms with Gasteiger partial charge in [0.1, 0.15) is 0 Å². The molecule has 0 aromatic heterocycles. The average Bonchev–Trinajstić information content (AvgIpc) is 2.12. The van der Waals surface area contributed by atoms with Crippen LogP contribution >= 0.6 is 0 Å². The van der Waals surface area contributed by atoms with Gasteiger partial charge in [-0.1, -0.05) is 48.5 Å². The van der Waals surface area contributed by atoms with Crippen molar-refractivity contribution in [2.45, 2.75) is 73.3 Å². The van der Waals surface area contributed by atoms with E-state index in [0.717, 1.165) is 13.0 Å². The Labute approximate surface area is 103 Å². The fraction of sp³-hybridized carbons (Fsp3) is 1.00. The van der Waals surface area contributed by atoms with Crippen LogP contribution in [0.25, 0.3) is 0 Å². The summed E-state index contributed by atoms with van der Waals surface area (Å²) in [6.07, 6.45) is 3.51. The topological polar surface area (TPSA) is 9.23 Å². The molecule has 16 heavy (non-hydrogen) atoms. The SMILES string of the molecule is CCC(CC(C)C)(CC(C)C)OCC(C)C. The molecule has 0 aliphatic heterocycles. The first-order valence-electron chi connectivity index (χ1n) is 6.95. The van der Waals surface area contributed by atoms with Crippen LogP contribution in [-0.4, -0.2) is 12.2 Å². The highest BCUT2D eigenvalue weighted by Gasteiger charge is 2.31. The van der Waals surface area contributed by atoms with Gasteiger partial charge in [-0.05, 0) is 37.0 Å². The third kappa shape index (κ3) is 6.52. The first-order valence-corrected chi connectivity index (χ1v) is 6.95. The van der Waals surface area contributed by atoms with Crippen molar-refractivity contribution in [3.05, 3.63) is 0 Å². The normalized spacial score (nSPS) is 13.1. The highest BCUT2D eigenvalue weighted by atomic mass is 16.5. The second-order valence-corrected chi connectivity index (χ2v) is 6.44. The summed E-state index contributed by atoms with van der Waals surface area (Å²) in [7, 11) is 0. The lowest BCUT2D eigenvalue weighted by Gasteiger charge is -2.37. The quantitative estimate of drug-likeness (QED) is 0.574. The highest BCUT2D eigenvalue weighted by molar-refractivity contribution is 4.82. The Morgan fingerprint density at radius 2 is 1.25 bits per heavy atom. The van der Waals surface area contributed by atoms with Gasteiger partial charge in [0.15, 0.2) is 0 Å². The molecule has 0 aromatic carbocycles. The van der Waals surface area contributed by atoms with Crippen LogP contribution in [0, 0.1) is 17.8 Å². The van der Waals surface area contributed by atoms with E-state index in [4.69, 9.17) is 4.74 Å². The predicted octanol–water partition coefficient (Wildman–Crippen LogP) is 4.90. The van der Waals surface area contributed by atoms with Crippen molar-refractivity contribution in [3.8, 4) is 0 Å². The van der Waals surface area contributed by atoms with E-state index in [1.807, 2.05) is 0 Å². The maximum atomic E-state index is 6.26. The first kappa shape index (κ1) is 16.0. The molecule has 1 heteroatoms. The van der Waals surface area contributed by atoms with E-state index in [1.165, 1.54) is 12.8 Å². The number of hydrogen-bond donors (Lipinski definition) is 0. The van der Waals surface area contributed by atoms with E-state index >= 15 is 0 Å². The van der Waals surface area contributed by atoms with Crippen molar-refractivity contribution < 1.29 is 4.74 Å². The summed E-state index contributed by atoms with van der Waals surface area (Å²) in [6, 6.07) is 0. The molecule has 0 N–H and O–H groups in total. The molecule has 0 heterocycles. The van der Waals surface area contributed by atoms with Crippen LogP contribution in [0.15, 0.2) is 0 Å². The molecule has 0 atom stereocenters. The molecular weight excluding hydrogens is 196 g/mol. The Morgan fingerprint density at radius 3 is 1.50 bits per heavy atom. The molecule has 0 spiro atoms. The number of hydrogen-bond acceptors (Lipinski definition) is 1. The summed E-state index contributed by atoms with van der Waals surface area (Å²) >= 11 is 0. The van der Waals surface area contributed by atoms with Crippen molar-refractivity contribution in [1.29, 1.82) is 0 Å². The summed E-state index contributed by atoms with van der Waals surface area (Å²) in [5.74, 6) is 2.06. The number of rotatable bonds is 8. The lowest BCUT2D eigenvalue weighted by atomic mass is 9.82. The van der Waals surface area contributed by atoms with Gasteiger partial charge < -0.3 is 4.74 Å². The van der Waals surface area contributed by atoms with Crippen molar-refractivity contribution in [2.75, 3.05) is 6.61 Å². The third-order valence-corrected chi connectivity index (χ3v) is 2.93. The van der Waals surface area contributed by atoms with Gasteiger partial charge in [-0.15, -0.1) is 0 Å². The lowest BCUT2D eigenvalue weighted by molar-refractivity contribution is -0.0845. The molecule has 0 saturated heterocycles. The van der Waals surface area contributed by atoms with Crippen LogP contribution in [-0.2, 0) is 4.74 Å². The summed E-state index contributed by atoms with van der Waals surface area (Å²) < 4.78 is 6.26. The van der Waals surface area contributed by atoms with Gasteiger partial charge in [-0.3, -0.25) is 0 Å². The van der Waals surface area contributed by atoms with Gasteiger partial charge in [-0.2, -0.15) is 0 Å². The maximum absolute atomic E-state index is 6.26. The molecule has 0 amide bonds. The highest BCUT2D eigenvalue weighted by Crippen LogP contribution is 2.32. The van der Waals surface area contributed by atoms with E-state index in [9.17, 15) is 0 Å². The van der Waals surface area contributed by atoms with Gasteiger partial charge in [0.25, 0.3) is 0 Å². The average molecular weight is 228 g/mol. The Kier molecular flexibility index (Phi) is 7.30. The Morgan fingerprint density at radius 1 is 0.812 bits per heavy atom. The summed E-state index contributed by atoms with van der Waals surface area (Å²) in [6.45, 7) is 16.8. The molecule has 0 aromatic rings. The maximum Gasteiger partial charge on any atom is 0.0685 e. The molecule has 98 valence electrons. The minimum atomic E-state index is 0.118. The Hall–Kier alpha value is -0.0400. The second kappa shape index (κ2) is 7.32. The molecule has 0 bridgehead atoms. The molecular formula is C15H32O. The molecule has 0 fully saturated rings. The van der Waals surface area contributed by atoms with E-state index in [1.54, 1.807) is 0 Å². The predicted molar refractivity (Wildman–Crippen MR) is 72.7 cm³/mol. The van der Waals surface area contributed by atoms with Crippen molar-refractivity contribution in [3.63, 3.8) is 0 Å². The van der Waals surface area contributed by atoms with Gasteiger partial charge in [0.05, 0.1) is 5.60 Å². The third-order valence-electron chi connectivity index (χ3n) is 2.93. The summed E-state index contributed by atoms with van der Waals surface area (Å²) in [5.41, 5.74) is 0.118. The zero-order valence-corrected chi connectivity index (χ0v) is 12.5.